The summed E-state index contributed by atoms with van der Waals surface area (Å²) in [5.74, 6) is 0. The van der Waals surface area contributed by atoms with E-state index in [-0.39, 0.29) is 5.56 Å². The summed E-state index contributed by atoms with van der Waals surface area (Å²) in [6.07, 6.45) is -1.06. The molecule has 0 radical (unpaired) electrons. The number of likely N-dealkylation sites (tertiary alicyclic amines) is 1. The molecule has 1 amide bonds. The maximum absolute atomic E-state index is 12.9. The predicted octanol–water partition coefficient (Wildman–Crippen LogP) is 3.81. The molecule has 2 rings (SSSR count). The summed E-state index contributed by atoms with van der Waals surface area (Å²) in [5.41, 5.74) is -1.35. The quantitative estimate of drug-likeness (QED) is 0.823. The van der Waals surface area contributed by atoms with E-state index in [2.05, 4.69) is 11.1 Å². The van der Waals surface area contributed by atoms with Gasteiger partial charge in [0.25, 0.3) is 6.43 Å². The molecule has 0 spiro atoms. The molecular weight excluding hydrogens is 316 g/mol. The van der Waals surface area contributed by atoms with Crippen molar-refractivity contribution in [2.75, 3.05) is 13.1 Å². The van der Waals surface area contributed by atoms with Crippen LogP contribution in [-0.2, 0) is 10.2 Å². The van der Waals surface area contributed by atoms with Crippen molar-refractivity contribution in [3.63, 3.8) is 0 Å². The first-order chi connectivity index (χ1) is 11.2. The number of aromatic nitrogens is 1. The zero-order valence-electron chi connectivity index (χ0n) is 14.1. The summed E-state index contributed by atoms with van der Waals surface area (Å²) < 4.78 is 31.1. The smallest absolute Gasteiger partial charge is 0.410 e. The Hall–Kier alpha value is -2.23. The highest BCUT2D eigenvalue weighted by atomic mass is 19.3. The average Bonchev–Trinajstić information content (AvgIpc) is 2.53. The molecule has 0 N–H and O–H groups in total. The third-order valence-corrected chi connectivity index (χ3v) is 4.01. The number of carbonyl (C=O) groups is 1. The second-order valence-electron chi connectivity index (χ2n) is 6.94. The van der Waals surface area contributed by atoms with Gasteiger partial charge in [0.15, 0.2) is 0 Å². The normalized spacial score (nSPS) is 17.5. The summed E-state index contributed by atoms with van der Waals surface area (Å²) in [6.45, 7) is 6.00. The minimum absolute atomic E-state index is 0.149. The zero-order valence-corrected chi connectivity index (χ0v) is 14.1. The number of alkyl halides is 2. The average molecular weight is 337 g/mol. The molecule has 1 aliphatic rings. The van der Waals surface area contributed by atoms with Gasteiger partial charge in [-0.15, -0.1) is 0 Å². The van der Waals surface area contributed by atoms with Crippen molar-refractivity contribution in [3.05, 3.63) is 29.6 Å². The van der Waals surface area contributed by atoms with Crippen molar-refractivity contribution in [2.45, 2.75) is 51.1 Å². The maximum Gasteiger partial charge on any atom is 0.410 e. The van der Waals surface area contributed by atoms with E-state index in [0.717, 1.165) is 0 Å². The number of rotatable bonds is 2. The van der Waals surface area contributed by atoms with Gasteiger partial charge in [-0.1, -0.05) is 0 Å². The number of nitrogens with zero attached hydrogens (tertiary/aromatic N) is 3. The number of hydrogen-bond acceptors (Lipinski definition) is 4. The summed E-state index contributed by atoms with van der Waals surface area (Å²) in [7, 11) is 0. The summed E-state index contributed by atoms with van der Waals surface area (Å²) in [5, 5.41) is 9.62. The summed E-state index contributed by atoms with van der Waals surface area (Å²) in [4.78, 5) is 17.8. The number of hydrogen-bond donors (Lipinski definition) is 0. The lowest BCUT2D eigenvalue weighted by atomic mass is 9.76. The van der Waals surface area contributed by atoms with Gasteiger partial charge in [0.05, 0.1) is 11.8 Å². The molecule has 1 aromatic heterocycles. The molecule has 2 heterocycles. The highest BCUT2D eigenvalue weighted by Crippen LogP contribution is 2.35. The van der Waals surface area contributed by atoms with Crippen molar-refractivity contribution < 1.29 is 18.3 Å². The van der Waals surface area contributed by atoms with Crippen LogP contribution in [0.5, 0.6) is 0 Å². The number of nitriles is 1. The third kappa shape index (κ3) is 3.99. The van der Waals surface area contributed by atoms with Crippen molar-refractivity contribution in [1.29, 1.82) is 5.26 Å². The maximum atomic E-state index is 12.9. The fraction of sp³-hybridized carbons (Fsp3) is 0.588. The minimum Gasteiger partial charge on any atom is -0.444 e. The van der Waals surface area contributed by atoms with E-state index < -0.39 is 23.5 Å². The first kappa shape index (κ1) is 18.1. The first-order valence-corrected chi connectivity index (χ1v) is 7.81. The molecule has 0 aliphatic carbocycles. The Morgan fingerprint density at radius 1 is 1.42 bits per heavy atom. The second-order valence-corrected chi connectivity index (χ2v) is 6.94. The van der Waals surface area contributed by atoms with Gasteiger partial charge in [-0.2, -0.15) is 5.26 Å². The minimum atomic E-state index is -2.61. The second kappa shape index (κ2) is 6.71. The van der Waals surface area contributed by atoms with E-state index in [9.17, 15) is 18.8 Å². The molecule has 5 nitrogen and oxygen atoms in total. The van der Waals surface area contributed by atoms with Gasteiger partial charge in [0.2, 0.25) is 0 Å². The highest BCUT2D eigenvalue weighted by Gasteiger charge is 2.40. The number of amides is 1. The molecule has 7 heteroatoms. The summed E-state index contributed by atoms with van der Waals surface area (Å²) in [6, 6.07) is 4.76. The van der Waals surface area contributed by atoms with Crippen LogP contribution in [0, 0.1) is 11.3 Å². The van der Waals surface area contributed by atoms with E-state index >= 15 is 0 Å². The van der Waals surface area contributed by atoms with E-state index in [1.54, 1.807) is 20.8 Å². The number of pyridine rings is 1. The Labute approximate surface area is 140 Å². The van der Waals surface area contributed by atoms with Gasteiger partial charge in [0, 0.05) is 24.8 Å². The molecule has 130 valence electrons. The van der Waals surface area contributed by atoms with Gasteiger partial charge < -0.3 is 9.64 Å². The molecule has 0 aromatic carbocycles. The van der Waals surface area contributed by atoms with Crippen LogP contribution >= 0.6 is 0 Å². The van der Waals surface area contributed by atoms with Gasteiger partial charge in [-0.3, -0.25) is 4.98 Å². The molecule has 0 unspecified atom stereocenters. The van der Waals surface area contributed by atoms with Gasteiger partial charge in [-0.05, 0) is 45.7 Å². The van der Waals surface area contributed by atoms with Crippen molar-refractivity contribution in [3.8, 4) is 6.07 Å². The van der Waals surface area contributed by atoms with Crippen molar-refractivity contribution in [2.24, 2.45) is 0 Å². The topological polar surface area (TPSA) is 66.2 Å². The Balaban J connectivity index is 2.14. The lowest BCUT2D eigenvalue weighted by Crippen LogP contribution is -2.46. The molecule has 1 saturated heterocycles. The molecule has 1 aromatic rings. The zero-order chi connectivity index (χ0) is 18.0. The molecule has 0 bridgehead atoms. The predicted molar refractivity (Wildman–Crippen MR) is 83.5 cm³/mol. The Kier molecular flexibility index (Phi) is 5.07. The van der Waals surface area contributed by atoms with Gasteiger partial charge in [-0.25, -0.2) is 13.6 Å². The number of halogens is 2. The SMILES string of the molecule is CC(C)(C)OC(=O)N1CCC(C#N)(c2cc(C(F)F)ccn2)CC1. The van der Waals surface area contributed by atoms with Crippen LogP contribution in [0.25, 0.3) is 0 Å². The van der Waals surface area contributed by atoms with Crippen molar-refractivity contribution >= 4 is 6.09 Å². The monoisotopic (exact) mass is 337 g/mol. The van der Waals surface area contributed by atoms with Gasteiger partial charge >= 0.3 is 6.09 Å². The molecular formula is C17H21F2N3O2. The molecule has 24 heavy (non-hydrogen) atoms. The van der Waals surface area contributed by atoms with Crippen molar-refractivity contribution in [1.82, 2.24) is 9.88 Å². The number of ether oxygens (including phenoxy) is 1. The highest BCUT2D eigenvalue weighted by molar-refractivity contribution is 5.68. The van der Waals surface area contributed by atoms with Crippen LogP contribution in [0.3, 0.4) is 0 Å². The molecule has 1 fully saturated rings. The fourth-order valence-electron chi connectivity index (χ4n) is 2.67. The van der Waals surface area contributed by atoms with E-state index in [4.69, 9.17) is 4.74 Å². The number of piperidine rings is 1. The largest absolute Gasteiger partial charge is 0.444 e. The Bertz CT molecular complexity index is 642. The summed E-state index contributed by atoms with van der Waals surface area (Å²) >= 11 is 0. The van der Waals surface area contributed by atoms with Crippen LogP contribution in [0.4, 0.5) is 13.6 Å². The Morgan fingerprint density at radius 3 is 2.54 bits per heavy atom. The lowest BCUT2D eigenvalue weighted by Gasteiger charge is -2.37. The van der Waals surface area contributed by atoms with Crippen LogP contribution in [-0.4, -0.2) is 34.7 Å². The first-order valence-electron chi connectivity index (χ1n) is 7.81. The van der Waals surface area contributed by atoms with Crippen LogP contribution in [0.2, 0.25) is 0 Å². The van der Waals surface area contributed by atoms with Gasteiger partial charge in [0.1, 0.15) is 11.0 Å². The molecule has 1 aliphatic heterocycles. The van der Waals surface area contributed by atoms with Crippen LogP contribution < -0.4 is 0 Å². The van der Waals surface area contributed by atoms with Crippen LogP contribution in [0.1, 0.15) is 51.3 Å². The fourth-order valence-corrected chi connectivity index (χ4v) is 2.67. The van der Waals surface area contributed by atoms with Crippen LogP contribution in [0.15, 0.2) is 18.3 Å². The van der Waals surface area contributed by atoms with E-state index in [1.165, 1.54) is 23.2 Å². The van der Waals surface area contributed by atoms with E-state index in [0.29, 0.717) is 31.6 Å². The standard InChI is InChI=1S/C17H21F2N3O2/c1-16(2,3)24-15(23)22-8-5-17(11-20,6-9-22)13-10-12(14(18)19)4-7-21-13/h4,7,10,14H,5-6,8-9H2,1-3H3. The molecule has 0 saturated carbocycles. The third-order valence-electron chi connectivity index (χ3n) is 4.01. The molecule has 0 atom stereocenters. The Morgan fingerprint density at radius 2 is 2.04 bits per heavy atom. The number of carbonyl (C=O) groups excluding carboxylic acids is 1. The lowest BCUT2D eigenvalue weighted by molar-refractivity contribution is 0.0184. The van der Waals surface area contributed by atoms with E-state index in [1.807, 2.05) is 0 Å².